The number of esters is 2. The molecule has 0 unspecified atom stereocenters. The van der Waals surface area contributed by atoms with E-state index in [1.54, 1.807) is 18.2 Å². The molecular formula is C11H13NO4. The number of hydrogen-bond acceptors (Lipinski definition) is 5. The van der Waals surface area contributed by atoms with E-state index in [1.165, 1.54) is 14.2 Å². The van der Waals surface area contributed by atoms with E-state index in [-0.39, 0.29) is 24.8 Å². The van der Waals surface area contributed by atoms with Crippen molar-refractivity contribution in [2.24, 2.45) is 0 Å². The van der Waals surface area contributed by atoms with E-state index < -0.39 is 0 Å². The van der Waals surface area contributed by atoms with Crippen LogP contribution in [-0.2, 0) is 31.9 Å². The molecule has 0 aliphatic carbocycles. The third kappa shape index (κ3) is 3.68. The predicted octanol–water partition coefficient (Wildman–Crippen LogP) is 0.513. The minimum absolute atomic E-state index is 0.103. The summed E-state index contributed by atoms with van der Waals surface area (Å²) in [6.07, 6.45) is 0.205. The van der Waals surface area contributed by atoms with Crippen molar-refractivity contribution in [1.82, 2.24) is 4.98 Å². The molecule has 0 saturated carbocycles. The lowest BCUT2D eigenvalue weighted by atomic mass is 10.2. The Morgan fingerprint density at radius 3 is 1.88 bits per heavy atom. The Kier molecular flexibility index (Phi) is 4.44. The van der Waals surface area contributed by atoms with Crippen LogP contribution in [0.5, 0.6) is 0 Å². The molecule has 16 heavy (non-hydrogen) atoms. The zero-order valence-electron chi connectivity index (χ0n) is 9.23. The summed E-state index contributed by atoms with van der Waals surface area (Å²) in [5, 5.41) is 0. The molecule has 0 aliphatic heterocycles. The van der Waals surface area contributed by atoms with Crippen molar-refractivity contribution in [2.75, 3.05) is 14.2 Å². The number of carbonyl (C=O) groups is 2. The van der Waals surface area contributed by atoms with Gasteiger partial charge in [-0.2, -0.15) is 0 Å². The highest BCUT2D eigenvalue weighted by Crippen LogP contribution is 2.03. The fraction of sp³-hybridized carbons (Fsp3) is 0.364. The second-order valence-electron chi connectivity index (χ2n) is 3.13. The molecule has 0 spiro atoms. The monoisotopic (exact) mass is 223 g/mol. The summed E-state index contributed by atoms with van der Waals surface area (Å²) < 4.78 is 9.05. The Labute approximate surface area is 93.4 Å². The standard InChI is InChI=1S/C11H13NO4/c1-15-10(13)6-8-4-3-5-9(12-8)7-11(14)16-2/h3-5H,6-7H2,1-2H3. The molecule has 0 saturated heterocycles. The van der Waals surface area contributed by atoms with Crippen molar-refractivity contribution in [3.63, 3.8) is 0 Å². The predicted molar refractivity (Wildman–Crippen MR) is 55.7 cm³/mol. The summed E-state index contributed by atoms with van der Waals surface area (Å²) >= 11 is 0. The third-order valence-corrected chi connectivity index (χ3v) is 1.97. The molecule has 86 valence electrons. The number of nitrogens with zero attached hydrogens (tertiary/aromatic N) is 1. The highest BCUT2D eigenvalue weighted by atomic mass is 16.5. The Bertz CT molecular complexity index is 356. The zero-order valence-corrected chi connectivity index (χ0v) is 9.23. The van der Waals surface area contributed by atoms with Crippen molar-refractivity contribution in [3.05, 3.63) is 29.6 Å². The average Bonchev–Trinajstić information content (AvgIpc) is 2.29. The van der Waals surface area contributed by atoms with Gasteiger partial charge in [-0.05, 0) is 12.1 Å². The molecule has 1 aromatic rings. The molecule has 0 atom stereocenters. The molecule has 0 fully saturated rings. The van der Waals surface area contributed by atoms with Crippen LogP contribution in [0.3, 0.4) is 0 Å². The number of carbonyl (C=O) groups excluding carboxylic acids is 2. The normalized spacial score (nSPS) is 9.62. The molecule has 1 rings (SSSR count). The van der Waals surface area contributed by atoms with Gasteiger partial charge in [-0.1, -0.05) is 6.07 Å². The van der Waals surface area contributed by atoms with Crippen LogP contribution in [0.1, 0.15) is 11.4 Å². The zero-order chi connectivity index (χ0) is 12.0. The van der Waals surface area contributed by atoms with E-state index in [2.05, 4.69) is 14.5 Å². The average molecular weight is 223 g/mol. The highest BCUT2D eigenvalue weighted by Gasteiger charge is 2.07. The number of hydrogen-bond donors (Lipinski definition) is 0. The maximum Gasteiger partial charge on any atom is 0.311 e. The Balaban J connectivity index is 2.71. The summed E-state index contributed by atoms with van der Waals surface area (Å²) in [4.78, 5) is 26.2. The van der Waals surface area contributed by atoms with Gasteiger partial charge in [-0.25, -0.2) is 0 Å². The van der Waals surface area contributed by atoms with Crippen LogP contribution in [0.2, 0.25) is 0 Å². The quantitative estimate of drug-likeness (QED) is 0.696. The first-order chi connectivity index (χ1) is 7.65. The SMILES string of the molecule is COC(=O)Cc1cccc(CC(=O)OC)n1. The fourth-order valence-electron chi connectivity index (χ4n) is 1.17. The number of aromatic nitrogens is 1. The van der Waals surface area contributed by atoms with Gasteiger partial charge in [-0.15, -0.1) is 0 Å². The molecular weight excluding hydrogens is 210 g/mol. The van der Waals surface area contributed by atoms with Crippen molar-refractivity contribution < 1.29 is 19.1 Å². The van der Waals surface area contributed by atoms with Gasteiger partial charge >= 0.3 is 11.9 Å². The van der Waals surface area contributed by atoms with Gasteiger partial charge in [0.2, 0.25) is 0 Å². The molecule has 1 aromatic heterocycles. The lowest BCUT2D eigenvalue weighted by molar-refractivity contribution is -0.140. The van der Waals surface area contributed by atoms with E-state index >= 15 is 0 Å². The number of rotatable bonds is 4. The van der Waals surface area contributed by atoms with Gasteiger partial charge in [0, 0.05) is 0 Å². The van der Waals surface area contributed by atoms with Gasteiger partial charge in [-0.3, -0.25) is 14.6 Å². The maximum atomic E-state index is 11.0. The van der Waals surface area contributed by atoms with Gasteiger partial charge in [0.05, 0.1) is 38.4 Å². The Hall–Kier alpha value is -1.91. The van der Waals surface area contributed by atoms with Gasteiger partial charge < -0.3 is 9.47 Å². The van der Waals surface area contributed by atoms with E-state index in [0.29, 0.717) is 11.4 Å². The minimum Gasteiger partial charge on any atom is -0.469 e. The third-order valence-electron chi connectivity index (χ3n) is 1.97. The van der Waals surface area contributed by atoms with Crippen LogP contribution in [0.25, 0.3) is 0 Å². The van der Waals surface area contributed by atoms with Crippen molar-refractivity contribution in [3.8, 4) is 0 Å². The van der Waals surface area contributed by atoms with Crippen LogP contribution in [0, 0.1) is 0 Å². The van der Waals surface area contributed by atoms with E-state index in [4.69, 9.17) is 0 Å². The Morgan fingerprint density at radius 2 is 1.50 bits per heavy atom. The van der Waals surface area contributed by atoms with Crippen molar-refractivity contribution >= 4 is 11.9 Å². The molecule has 0 radical (unpaired) electrons. The summed E-state index contributed by atoms with van der Waals surface area (Å²) in [7, 11) is 2.64. The van der Waals surface area contributed by atoms with Crippen molar-refractivity contribution in [2.45, 2.75) is 12.8 Å². The summed E-state index contributed by atoms with van der Waals surface area (Å²) in [5.74, 6) is -0.717. The second-order valence-corrected chi connectivity index (χ2v) is 3.13. The topological polar surface area (TPSA) is 65.5 Å². The molecule has 0 N–H and O–H groups in total. The Morgan fingerprint density at radius 1 is 1.06 bits per heavy atom. The number of methoxy groups -OCH3 is 2. The molecule has 0 aliphatic rings. The van der Waals surface area contributed by atoms with Crippen LogP contribution >= 0.6 is 0 Å². The maximum absolute atomic E-state index is 11.0. The lowest BCUT2D eigenvalue weighted by Gasteiger charge is -2.02. The van der Waals surface area contributed by atoms with Crippen LogP contribution in [0.15, 0.2) is 18.2 Å². The van der Waals surface area contributed by atoms with Crippen LogP contribution in [-0.4, -0.2) is 31.1 Å². The summed E-state index contributed by atoms with van der Waals surface area (Å²) in [6, 6.07) is 5.15. The number of pyridine rings is 1. The van der Waals surface area contributed by atoms with Gasteiger partial charge in [0.15, 0.2) is 0 Å². The molecule has 5 heteroatoms. The van der Waals surface area contributed by atoms with E-state index in [9.17, 15) is 9.59 Å². The molecule has 0 amide bonds. The highest BCUT2D eigenvalue weighted by molar-refractivity contribution is 5.73. The molecule has 0 aromatic carbocycles. The van der Waals surface area contributed by atoms with Crippen molar-refractivity contribution in [1.29, 1.82) is 0 Å². The van der Waals surface area contributed by atoms with Crippen LogP contribution in [0.4, 0.5) is 0 Å². The minimum atomic E-state index is -0.359. The molecule has 5 nitrogen and oxygen atoms in total. The largest absolute Gasteiger partial charge is 0.469 e. The summed E-state index contributed by atoms with van der Waals surface area (Å²) in [5.41, 5.74) is 1.15. The first-order valence-electron chi connectivity index (χ1n) is 4.74. The second kappa shape index (κ2) is 5.85. The van der Waals surface area contributed by atoms with E-state index in [0.717, 1.165) is 0 Å². The van der Waals surface area contributed by atoms with E-state index in [1.807, 2.05) is 0 Å². The van der Waals surface area contributed by atoms with Crippen LogP contribution < -0.4 is 0 Å². The first kappa shape index (κ1) is 12.2. The summed E-state index contributed by atoms with van der Waals surface area (Å²) in [6.45, 7) is 0. The molecule has 0 bridgehead atoms. The van der Waals surface area contributed by atoms with Gasteiger partial charge in [0.25, 0.3) is 0 Å². The molecule has 1 heterocycles. The van der Waals surface area contributed by atoms with Gasteiger partial charge in [0.1, 0.15) is 0 Å². The lowest BCUT2D eigenvalue weighted by Crippen LogP contribution is -2.10. The first-order valence-corrected chi connectivity index (χ1v) is 4.74. The smallest absolute Gasteiger partial charge is 0.311 e. The number of ether oxygens (including phenoxy) is 2. The fourth-order valence-corrected chi connectivity index (χ4v) is 1.17.